The molecule has 0 aliphatic carbocycles. The third kappa shape index (κ3) is 2.96. The molecule has 5 heteroatoms. The van der Waals surface area contributed by atoms with Crippen LogP contribution >= 0.6 is 11.6 Å². The summed E-state index contributed by atoms with van der Waals surface area (Å²) < 4.78 is 18.0. The Labute approximate surface area is 108 Å². The molecule has 2 aromatic rings. The Balaban J connectivity index is 2.06. The molecule has 0 N–H and O–H groups in total. The SMILES string of the molecule is N#Cc1ccc(COc2ccc(F)nc2)c(Cl)c1. The molecule has 90 valence electrons. The molecule has 0 fully saturated rings. The summed E-state index contributed by atoms with van der Waals surface area (Å²) in [6.07, 6.45) is 1.30. The van der Waals surface area contributed by atoms with Crippen LogP contribution in [0.15, 0.2) is 36.5 Å². The maximum atomic E-state index is 12.6. The average Bonchev–Trinajstić information content (AvgIpc) is 2.39. The van der Waals surface area contributed by atoms with Gasteiger partial charge in [0.15, 0.2) is 0 Å². The fourth-order valence-corrected chi connectivity index (χ4v) is 1.58. The first-order valence-electron chi connectivity index (χ1n) is 5.12. The topological polar surface area (TPSA) is 45.9 Å². The van der Waals surface area contributed by atoms with E-state index >= 15 is 0 Å². The van der Waals surface area contributed by atoms with E-state index < -0.39 is 5.95 Å². The molecule has 1 aromatic heterocycles. The second-order valence-corrected chi connectivity index (χ2v) is 3.93. The van der Waals surface area contributed by atoms with Crippen LogP contribution in [0.5, 0.6) is 5.75 Å². The summed E-state index contributed by atoms with van der Waals surface area (Å²) in [7, 11) is 0. The van der Waals surface area contributed by atoms with Crippen molar-refractivity contribution in [3.63, 3.8) is 0 Å². The Morgan fingerprint density at radius 1 is 1.33 bits per heavy atom. The van der Waals surface area contributed by atoms with E-state index in [4.69, 9.17) is 21.6 Å². The van der Waals surface area contributed by atoms with Gasteiger partial charge in [-0.1, -0.05) is 17.7 Å². The molecule has 2 rings (SSSR count). The second-order valence-electron chi connectivity index (χ2n) is 3.52. The van der Waals surface area contributed by atoms with Crippen LogP contribution in [-0.4, -0.2) is 4.98 Å². The van der Waals surface area contributed by atoms with Crippen LogP contribution < -0.4 is 4.74 Å². The van der Waals surface area contributed by atoms with Crippen molar-refractivity contribution in [2.75, 3.05) is 0 Å². The molecule has 0 bridgehead atoms. The summed E-state index contributed by atoms with van der Waals surface area (Å²) in [5, 5.41) is 9.17. The van der Waals surface area contributed by atoms with Gasteiger partial charge in [0.05, 0.1) is 17.8 Å². The largest absolute Gasteiger partial charge is 0.487 e. The predicted octanol–water partition coefficient (Wildman–Crippen LogP) is 3.32. The molecule has 0 spiro atoms. The number of hydrogen-bond acceptors (Lipinski definition) is 3. The van der Waals surface area contributed by atoms with Gasteiger partial charge in [0, 0.05) is 10.6 Å². The van der Waals surface area contributed by atoms with Crippen molar-refractivity contribution in [2.45, 2.75) is 6.61 Å². The maximum Gasteiger partial charge on any atom is 0.213 e. The van der Waals surface area contributed by atoms with E-state index in [1.54, 1.807) is 18.2 Å². The lowest BCUT2D eigenvalue weighted by Gasteiger charge is -2.07. The summed E-state index contributed by atoms with van der Waals surface area (Å²) in [6.45, 7) is 0.234. The Morgan fingerprint density at radius 2 is 2.17 bits per heavy atom. The minimum Gasteiger partial charge on any atom is -0.487 e. The summed E-state index contributed by atoms with van der Waals surface area (Å²) in [5.74, 6) is -0.101. The molecular weight excluding hydrogens is 255 g/mol. The first-order chi connectivity index (χ1) is 8.69. The van der Waals surface area contributed by atoms with Gasteiger partial charge >= 0.3 is 0 Å². The van der Waals surface area contributed by atoms with E-state index in [0.29, 0.717) is 16.3 Å². The number of pyridine rings is 1. The molecule has 0 unspecified atom stereocenters. The Kier molecular flexibility index (Phi) is 3.75. The van der Waals surface area contributed by atoms with Crippen molar-refractivity contribution in [3.8, 4) is 11.8 Å². The van der Waals surface area contributed by atoms with Crippen LogP contribution in [-0.2, 0) is 6.61 Å². The average molecular weight is 263 g/mol. The fraction of sp³-hybridized carbons (Fsp3) is 0.0769. The number of benzene rings is 1. The van der Waals surface area contributed by atoms with Crippen molar-refractivity contribution < 1.29 is 9.13 Å². The lowest BCUT2D eigenvalue weighted by atomic mass is 10.1. The normalized spacial score (nSPS) is 9.83. The van der Waals surface area contributed by atoms with Crippen molar-refractivity contribution in [2.24, 2.45) is 0 Å². The van der Waals surface area contributed by atoms with Crippen LogP contribution in [0.25, 0.3) is 0 Å². The molecule has 0 aliphatic heterocycles. The highest BCUT2D eigenvalue weighted by Gasteiger charge is 2.03. The summed E-state index contributed by atoms with van der Waals surface area (Å²) >= 11 is 5.99. The number of nitrogens with zero attached hydrogens (tertiary/aromatic N) is 2. The van der Waals surface area contributed by atoms with E-state index in [9.17, 15) is 4.39 Å². The third-order valence-corrected chi connectivity index (χ3v) is 2.63. The predicted molar refractivity (Wildman–Crippen MR) is 64.7 cm³/mol. The van der Waals surface area contributed by atoms with E-state index in [1.807, 2.05) is 6.07 Å². The zero-order chi connectivity index (χ0) is 13.0. The minimum absolute atomic E-state index is 0.234. The smallest absolute Gasteiger partial charge is 0.213 e. The van der Waals surface area contributed by atoms with Gasteiger partial charge in [-0.05, 0) is 24.3 Å². The van der Waals surface area contributed by atoms with Gasteiger partial charge in [0.1, 0.15) is 12.4 Å². The van der Waals surface area contributed by atoms with Crippen molar-refractivity contribution >= 4 is 11.6 Å². The van der Waals surface area contributed by atoms with E-state index in [1.165, 1.54) is 18.3 Å². The lowest BCUT2D eigenvalue weighted by Crippen LogP contribution is -1.97. The number of nitriles is 1. The number of rotatable bonds is 3. The lowest BCUT2D eigenvalue weighted by molar-refractivity contribution is 0.304. The zero-order valence-electron chi connectivity index (χ0n) is 9.23. The van der Waals surface area contributed by atoms with E-state index in [0.717, 1.165) is 5.56 Å². The Morgan fingerprint density at radius 3 is 2.78 bits per heavy atom. The van der Waals surface area contributed by atoms with Crippen LogP contribution in [0.2, 0.25) is 5.02 Å². The Bertz CT molecular complexity index is 593. The summed E-state index contributed by atoms with van der Waals surface area (Å²) in [5.41, 5.74) is 1.24. The van der Waals surface area contributed by atoms with Crippen molar-refractivity contribution in [1.82, 2.24) is 4.98 Å². The fourth-order valence-electron chi connectivity index (χ4n) is 1.34. The third-order valence-electron chi connectivity index (χ3n) is 2.28. The van der Waals surface area contributed by atoms with Gasteiger partial charge in [-0.15, -0.1) is 0 Å². The first-order valence-corrected chi connectivity index (χ1v) is 5.50. The quantitative estimate of drug-likeness (QED) is 0.797. The molecule has 0 aliphatic rings. The number of aromatic nitrogens is 1. The molecular formula is C13H8ClFN2O. The summed E-state index contributed by atoms with van der Waals surface area (Å²) in [4.78, 5) is 3.47. The second kappa shape index (κ2) is 5.48. The molecule has 1 aromatic carbocycles. The van der Waals surface area contributed by atoms with Crippen LogP contribution in [0.1, 0.15) is 11.1 Å². The molecule has 3 nitrogen and oxygen atoms in total. The number of halogens is 2. The number of ether oxygens (including phenoxy) is 1. The van der Waals surface area contributed by atoms with Crippen molar-refractivity contribution in [1.29, 1.82) is 5.26 Å². The molecule has 0 radical (unpaired) electrons. The van der Waals surface area contributed by atoms with E-state index in [2.05, 4.69) is 4.98 Å². The van der Waals surface area contributed by atoms with Crippen molar-refractivity contribution in [3.05, 3.63) is 58.6 Å². The number of hydrogen-bond donors (Lipinski definition) is 0. The standard InChI is InChI=1S/C13H8ClFN2O/c14-12-5-9(6-16)1-2-10(12)8-18-11-3-4-13(15)17-7-11/h1-5,7H,8H2. The van der Waals surface area contributed by atoms with Gasteiger partial charge in [-0.2, -0.15) is 9.65 Å². The molecule has 0 saturated carbocycles. The molecule has 1 heterocycles. The van der Waals surface area contributed by atoms with Gasteiger partial charge in [-0.25, -0.2) is 4.98 Å². The van der Waals surface area contributed by atoms with Crippen LogP contribution in [0.3, 0.4) is 0 Å². The monoisotopic (exact) mass is 262 g/mol. The van der Waals surface area contributed by atoms with Gasteiger partial charge in [0.25, 0.3) is 0 Å². The molecule has 0 amide bonds. The molecule has 0 atom stereocenters. The maximum absolute atomic E-state index is 12.6. The van der Waals surface area contributed by atoms with Gasteiger partial charge in [-0.3, -0.25) is 0 Å². The van der Waals surface area contributed by atoms with Gasteiger partial charge < -0.3 is 4.74 Å². The van der Waals surface area contributed by atoms with Crippen LogP contribution in [0.4, 0.5) is 4.39 Å². The minimum atomic E-state index is -0.557. The van der Waals surface area contributed by atoms with Crippen LogP contribution in [0, 0.1) is 17.3 Å². The van der Waals surface area contributed by atoms with E-state index in [-0.39, 0.29) is 6.61 Å². The molecule has 0 saturated heterocycles. The zero-order valence-corrected chi connectivity index (χ0v) is 9.99. The Hall–Kier alpha value is -2.12. The highest BCUT2D eigenvalue weighted by Crippen LogP contribution is 2.19. The highest BCUT2D eigenvalue weighted by molar-refractivity contribution is 6.31. The summed E-state index contributed by atoms with van der Waals surface area (Å²) in [6, 6.07) is 9.65. The molecule has 18 heavy (non-hydrogen) atoms. The van der Waals surface area contributed by atoms with Gasteiger partial charge in [0.2, 0.25) is 5.95 Å². The first kappa shape index (κ1) is 12.3. The highest BCUT2D eigenvalue weighted by atomic mass is 35.5.